The molecule has 0 heterocycles. The summed E-state index contributed by atoms with van der Waals surface area (Å²) < 4.78 is 0. The van der Waals surface area contributed by atoms with Crippen LogP contribution in [0, 0.1) is 16.0 Å². The molecule has 0 spiro atoms. The quantitative estimate of drug-likeness (QED) is 0.647. The zero-order valence-corrected chi connectivity index (χ0v) is 13.3. The number of halogens is 1. The third kappa shape index (κ3) is 4.68. The van der Waals surface area contributed by atoms with Gasteiger partial charge in [0.1, 0.15) is 5.02 Å². The summed E-state index contributed by atoms with van der Waals surface area (Å²) in [5.41, 5.74) is 0.105. The van der Waals surface area contributed by atoms with Crippen molar-refractivity contribution < 1.29 is 9.72 Å². The first-order valence-corrected chi connectivity index (χ1v) is 7.00. The Hall–Kier alpha value is -1.66. The van der Waals surface area contributed by atoms with E-state index in [1.54, 1.807) is 0 Å². The normalized spacial score (nSPS) is 12.5. The predicted molar refractivity (Wildman–Crippen MR) is 82.8 cm³/mol. The molecule has 0 aliphatic rings. The number of benzene rings is 1. The van der Waals surface area contributed by atoms with Crippen molar-refractivity contribution in [3.63, 3.8) is 0 Å². The summed E-state index contributed by atoms with van der Waals surface area (Å²) in [7, 11) is 3.92. The molecule has 0 aromatic heterocycles. The van der Waals surface area contributed by atoms with Gasteiger partial charge in [0.05, 0.1) is 4.92 Å². The van der Waals surface area contributed by atoms with Crippen molar-refractivity contribution in [3.8, 4) is 0 Å². The molecule has 0 aliphatic carbocycles. The minimum atomic E-state index is -0.579. The maximum absolute atomic E-state index is 12.1. The number of nitro benzene ring substituents is 1. The molecule has 21 heavy (non-hydrogen) atoms. The molecule has 1 rings (SSSR count). The number of hydrogen-bond donors (Lipinski definition) is 1. The molecule has 0 saturated carbocycles. The van der Waals surface area contributed by atoms with E-state index in [4.69, 9.17) is 11.6 Å². The predicted octanol–water partition coefficient (Wildman–Crippen LogP) is 2.56. The topological polar surface area (TPSA) is 75.5 Å². The molecule has 1 aromatic rings. The summed E-state index contributed by atoms with van der Waals surface area (Å²) in [6, 6.07) is 4.17. The lowest BCUT2D eigenvalue weighted by Gasteiger charge is -2.28. The maximum Gasteiger partial charge on any atom is 0.287 e. The Balaban J connectivity index is 2.76. The second-order valence-electron chi connectivity index (χ2n) is 5.41. The van der Waals surface area contributed by atoms with E-state index in [9.17, 15) is 14.9 Å². The van der Waals surface area contributed by atoms with Crippen molar-refractivity contribution >= 4 is 23.2 Å². The molecule has 0 saturated heterocycles. The standard InChI is InChI=1S/C14H20ClN3O3/c1-9(2)13(17(3)4)8-16-14(19)10-5-6-12(18(20)21)11(15)7-10/h5-7,9,13H,8H2,1-4H3,(H,16,19). The largest absolute Gasteiger partial charge is 0.350 e. The molecule has 0 radical (unpaired) electrons. The lowest BCUT2D eigenvalue weighted by molar-refractivity contribution is -0.384. The molecular weight excluding hydrogens is 294 g/mol. The van der Waals surface area contributed by atoms with Crippen molar-refractivity contribution in [2.45, 2.75) is 19.9 Å². The van der Waals surface area contributed by atoms with Crippen LogP contribution in [0.1, 0.15) is 24.2 Å². The Morgan fingerprint density at radius 3 is 2.48 bits per heavy atom. The number of carbonyl (C=O) groups excluding carboxylic acids is 1. The Labute approximate surface area is 129 Å². The van der Waals surface area contributed by atoms with Gasteiger partial charge in [-0.05, 0) is 32.1 Å². The van der Waals surface area contributed by atoms with Gasteiger partial charge in [-0.2, -0.15) is 0 Å². The fraction of sp³-hybridized carbons (Fsp3) is 0.500. The molecule has 116 valence electrons. The first kappa shape index (κ1) is 17.4. The van der Waals surface area contributed by atoms with Gasteiger partial charge in [0.25, 0.3) is 11.6 Å². The smallest absolute Gasteiger partial charge is 0.287 e. The van der Waals surface area contributed by atoms with Crippen LogP contribution in [-0.2, 0) is 0 Å². The summed E-state index contributed by atoms with van der Waals surface area (Å²) in [6.07, 6.45) is 0. The minimum Gasteiger partial charge on any atom is -0.350 e. The van der Waals surface area contributed by atoms with E-state index >= 15 is 0 Å². The number of nitro groups is 1. The average Bonchev–Trinajstić information content (AvgIpc) is 2.37. The SMILES string of the molecule is CC(C)C(CNC(=O)c1ccc([N+](=O)[O-])c(Cl)c1)N(C)C. The molecule has 0 bridgehead atoms. The Morgan fingerprint density at radius 2 is 2.05 bits per heavy atom. The summed E-state index contributed by atoms with van der Waals surface area (Å²) in [4.78, 5) is 24.2. The van der Waals surface area contributed by atoms with Crippen LogP contribution >= 0.6 is 11.6 Å². The minimum absolute atomic E-state index is 0.0410. The van der Waals surface area contributed by atoms with Crippen LogP contribution < -0.4 is 5.32 Å². The number of likely N-dealkylation sites (N-methyl/N-ethyl adjacent to an activating group) is 1. The number of amides is 1. The van der Waals surface area contributed by atoms with E-state index in [1.807, 2.05) is 19.0 Å². The van der Waals surface area contributed by atoms with Crippen LogP contribution in [0.4, 0.5) is 5.69 Å². The first-order valence-electron chi connectivity index (χ1n) is 6.62. The average molecular weight is 314 g/mol. The van der Waals surface area contributed by atoms with Gasteiger partial charge in [0.2, 0.25) is 0 Å². The number of hydrogen-bond acceptors (Lipinski definition) is 4. The second-order valence-corrected chi connectivity index (χ2v) is 5.82. The third-order valence-corrected chi connectivity index (χ3v) is 3.61. The highest BCUT2D eigenvalue weighted by Crippen LogP contribution is 2.24. The summed E-state index contributed by atoms with van der Waals surface area (Å²) in [5.74, 6) is 0.0973. The highest BCUT2D eigenvalue weighted by Gasteiger charge is 2.19. The van der Waals surface area contributed by atoms with Crippen LogP contribution in [0.2, 0.25) is 5.02 Å². The molecule has 0 fully saturated rings. The first-order chi connectivity index (χ1) is 9.73. The van der Waals surface area contributed by atoms with E-state index < -0.39 is 4.92 Å². The number of nitrogens with zero attached hydrogens (tertiary/aromatic N) is 2. The molecule has 1 atom stereocenters. The van der Waals surface area contributed by atoms with Gasteiger partial charge in [0, 0.05) is 24.2 Å². The fourth-order valence-electron chi connectivity index (χ4n) is 2.11. The zero-order valence-electron chi connectivity index (χ0n) is 12.6. The third-order valence-electron chi connectivity index (χ3n) is 3.31. The molecule has 1 N–H and O–H groups in total. The molecule has 1 amide bonds. The van der Waals surface area contributed by atoms with E-state index in [2.05, 4.69) is 19.2 Å². The monoisotopic (exact) mass is 313 g/mol. The van der Waals surface area contributed by atoms with Gasteiger partial charge in [0.15, 0.2) is 0 Å². The Morgan fingerprint density at radius 1 is 1.43 bits per heavy atom. The van der Waals surface area contributed by atoms with Gasteiger partial charge in [-0.15, -0.1) is 0 Å². The van der Waals surface area contributed by atoms with Gasteiger partial charge in [-0.1, -0.05) is 25.4 Å². The molecule has 0 aliphatic heterocycles. The summed E-state index contributed by atoms with van der Waals surface area (Å²) in [5, 5.41) is 13.5. The summed E-state index contributed by atoms with van der Waals surface area (Å²) in [6.45, 7) is 4.66. The van der Waals surface area contributed by atoms with Crippen LogP contribution in [0.15, 0.2) is 18.2 Å². The lowest BCUT2D eigenvalue weighted by atomic mass is 10.0. The highest BCUT2D eigenvalue weighted by molar-refractivity contribution is 6.33. The van der Waals surface area contributed by atoms with E-state index in [0.29, 0.717) is 18.0 Å². The van der Waals surface area contributed by atoms with Crippen molar-refractivity contribution in [1.29, 1.82) is 0 Å². The van der Waals surface area contributed by atoms with Crippen molar-refractivity contribution in [3.05, 3.63) is 38.9 Å². The molecule has 6 nitrogen and oxygen atoms in total. The Bertz CT molecular complexity index is 524. The molecular formula is C14H20ClN3O3. The van der Waals surface area contributed by atoms with Gasteiger partial charge in [-0.25, -0.2) is 0 Å². The second kappa shape index (κ2) is 7.38. The number of carbonyl (C=O) groups is 1. The van der Waals surface area contributed by atoms with Crippen molar-refractivity contribution in [1.82, 2.24) is 10.2 Å². The van der Waals surface area contributed by atoms with Gasteiger partial charge >= 0.3 is 0 Å². The molecule has 7 heteroatoms. The molecule has 1 unspecified atom stereocenters. The van der Waals surface area contributed by atoms with Crippen LogP contribution in [0.25, 0.3) is 0 Å². The van der Waals surface area contributed by atoms with E-state index in [0.717, 1.165) is 0 Å². The van der Waals surface area contributed by atoms with Crippen molar-refractivity contribution in [2.75, 3.05) is 20.6 Å². The number of rotatable bonds is 6. The van der Waals surface area contributed by atoms with Crippen LogP contribution in [-0.4, -0.2) is 42.4 Å². The lowest BCUT2D eigenvalue weighted by Crippen LogP contribution is -2.43. The van der Waals surface area contributed by atoms with E-state index in [1.165, 1.54) is 18.2 Å². The van der Waals surface area contributed by atoms with Gasteiger partial charge < -0.3 is 10.2 Å². The molecule has 1 aromatic carbocycles. The van der Waals surface area contributed by atoms with Crippen molar-refractivity contribution in [2.24, 2.45) is 5.92 Å². The zero-order chi connectivity index (χ0) is 16.2. The van der Waals surface area contributed by atoms with Gasteiger partial charge in [-0.3, -0.25) is 14.9 Å². The highest BCUT2D eigenvalue weighted by atomic mass is 35.5. The van der Waals surface area contributed by atoms with Crippen LogP contribution in [0.3, 0.4) is 0 Å². The van der Waals surface area contributed by atoms with E-state index in [-0.39, 0.29) is 22.7 Å². The summed E-state index contributed by atoms with van der Waals surface area (Å²) >= 11 is 5.80. The fourth-order valence-corrected chi connectivity index (χ4v) is 2.36. The maximum atomic E-state index is 12.1. The Kier molecular flexibility index (Phi) is 6.11. The van der Waals surface area contributed by atoms with Crippen LogP contribution in [0.5, 0.6) is 0 Å². The number of nitrogens with one attached hydrogen (secondary N) is 1.